The zero-order chi connectivity index (χ0) is 16.3. The molecule has 1 aromatic carbocycles. The van der Waals surface area contributed by atoms with E-state index in [1.165, 1.54) is 12.1 Å². The van der Waals surface area contributed by atoms with Gasteiger partial charge in [-0.2, -0.15) is 18.3 Å². The van der Waals surface area contributed by atoms with Crippen LogP contribution >= 0.6 is 0 Å². The van der Waals surface area contributed by atoms with Gasteiger partial charge in [-0.3, -0.25) is 4.99 Å². The molecule has 2 rings (SSSR count). The van der Waals surface area contributed by atoms with Crippen LogP contribution in [0.3, 0.4) is 0 Å². The van der Waals surface area contributed by atoms with Gasteiger partial charge in [-0.1, -0.05) is 18.2 Å². The summed E-state index contributed by atoms with van der Waals surface area (Å²) in [4.78, 5) is 4.45. The number of nitrogens with two attached hydrogens (primary N) is 1. The minimum atomic E-state index is -4.39. The lowest BCUT2D eigenvalue weighted by Gasteiger charge is -2.24. The number of aliphatic imine (C=N–C) groups is 1. The summed E-state index contributed by atoms with van der Waals surface area (Å²) < 4.78 is 39.3. The Labute approximate surface area is 127 Å². The van der Waals surface area contributed by atoms with Gasteiger partial charge in [-0.05, 0) is 25.5 Å². The molecule has 1 unspecified atom stereocenters. The van der Waals surface area contributed by atoms with Crippen LogP contribution in [-0.4, -0.2) is 24.0 Å². The zero-order valence-electron chi connectivity index (χ0n) is 12.5. The minimum Gasteiger partial charge on any atom is -0.323 e. The van der Waals surface area contributed by atoms with Crippen molar-refractivity contribution in [1.82, 2.24) is 5.32 Å². The van der Waals surface area contributed by atoms with Crippen LogP contribution in [0.5, 0.6) is 0 Å². The maximum Gasteiger partial charge on any atom is 0.416 e. The number of rotatable bonds is 2. The summed E-state index contributed by atoms with van der Waals surface area (Å²) in [5.74, 6) is 5.34. The molecule has 1 saturated heterocycles. The lowest BCUT2D eigenvalue weighted by Crippen LogP contribution is -2.44. The SMILES string of the molecule is CC(N=C1C[C@@H](C)NC/C1=N/N)c1ccccc1C(F)(F)F. The predicted octanol–water partition coefficient (Wildman–Crippen LogP) is 2.90. The molecule has 1 aliphatic heterocycles. The second kappa shape index (κ2) is 6.48. The van der Waals surface area contributed by atoms with Gasteiger partial charge < -0.3 is 11.2 Å². The number of hydrazone groups is 1. The molecule has 0 spiro atoms. The second-order valence-electron chi connectivity index (χ2n) is 5.40. The smallest absolute Gasteiger partial charge is 0.323 e. The lowest BCUT2D eigenvalue weighted by atomic mass is 9.99. The first-order chi connectivity index (χ1) is 10.3. The highest BCUT2D eigenvalue weighted by Gasteiger charge is 2.34. The summed E-state index contributed by atoms with van der Waals surface area (Å²) in [5, 5.41) is 6.87. The van der Waals surface area contributed by atoms with Crippen LogP contribution in [0.25, 0.3) is 0 Å². The summed E-state index contributed by atoms with van der Waals surface area (Å²) in [6, 6.07) is 5.08. The highest BCUT2D eigenvalue weighted by atomic mass is 19.4. The van der Waals surface area contributed by atoms with Crippen molar-refractivity contribution in [3.63, 3.8) is 0 Å². The maximum absolute atomic E-state index is 13.1. The lowest BCUT2D eigenvalue weighted by molar-refractivity contribution is -0.138. The van der Waals surface area contributed by atoms with Gasteiger partial charge in [-0.15, -0.1) is 0 Å². The van der Waals surface area contributed by atoms with Crippen molar-refractivity contribution in [3.8, 4) is 0 Å². The Morgan fingerprint density at radius 3 is 2.59 bits per heavy atom. The number of halogens is 3. The van der Waals surface area contributed by atoms with Crippen molar-refractivity contribution in [3.05, 3.63) is 35.4 Å². The van der Waals surface area contributed by atoms with Gasteiger partial charge in [0.15, 0.2) is 0 Å². The molecule has 1 aliphatic rings. The van der Waals surface area contributed by atoms with E-state index in [1.54, 1.807) is 13.0 Å². The molecule has 0 radical (unpaired) electrons. The number of piperidine rings is 1. The topological polar surface area (TPSA) is 62.8 Å². The fourth-order valence-corrected chi connectivity index (χ4v) is 2.52. The van der Waals surface area contributed by atoms with Crippen LogP contribution in [0.2, 0.25) is 0 Å². The van der Waals surface area contributed by atoms with Gasteiger partial charge >= 0.3 is 6.18 Å². The van der Waals surface area contributed by atoms with Crippen molar-refractivity contribution in [2.45, 2.75) is 38.5 Å². The van der Waals surface area contributed by atoms with Crippen molar-refractivity contribution in [2.75, 3.05) is 6.54 Å². The van der Waals surface area contributed by atoms with Crippen LogP contribution < -0.4 is 11.2 Å². The standard InChI is InChI=1S/C15H19F3N4/c1-9-7-13(14(22-19)8-20-9)21-10(2)11-5-3-4-6-12(11)15(16,17)18/h3-6,9-10,20H,7-8,19H2,1-2H3/b21-13?,22-14-/t9-,10?/m1/s1. The molecule has 1 heterocycles. The number of benzene rings is 1. The molecule has 1 fully saturated rings. The van der Waals surface area contributed by atoms with E-state index in [4.69, 9.17) is 5.84 Å². The van der Waals surface area contributed by atoms with Gasteiger partial charge in [0.1, 0.15) is 0 Å². The Morgan fingerprint density at radius 1 is 1.27 bits per heavy atom. The van der Waals surface area contributed by atoms with E-state index in [1.807, 2.05) is 6.92 Å². The number of alkyl halides is 3. The van der Waals surface area contributed by atoms with Crippen LogP contribution in [0.4, 0.5) is 13.2 Å². The van der Waals surface area contributed by atoms with Gasteiger partial charge in [0.05, 0.1) is 23.0 Å². The third-order valence-corrected chi connectivity index (χ3v) is 3.67. The summed E-state index contributed by atoms with van der Waals surface area (Å²) in [6.45, 7) is 4.11. The minimum absolute atomic E-state index is 0.157. The molecule has 22 heavy (non-hydrogen) atoms. The first-order valence-electron chi connectivity index (χ1n) is 7.06. The molecule has 1 aromatic rings. The fraction of sp³-hybridized carbons (Fsp3) is 0.467. The second-order valence-corrected chi connectivity index (χ2v) is 5.40. The number of nitrogens with one attached hydrogen (secondary N) is 1. The molecule has 0 bridgehead atoms. The van der Waals surface area contributed by atoms with Gasteiger partial charge in [0.25, 0.3) is 0 Å². The van der Waals surface area contributed by atoms with Crippen LogP contribution in [-0.2, 0) is 6.18 Å². The monoisotopic (exact) mass is 312 g/mol. The number of hydrogen-bond acceptors (Lipinski definition) is 4. The van der Waals surface area contributed by atoms with E-state index in [0.29, 0.717) is 24.4 Å². The van der Waals surface area contributed by atoms with Crippen molar-refractivity contribution in [2.24, 2.45) is 15.9 Å². The molecular formula is C15H19F3N4. The molecule has 0 amide bonds. The Bertz CT molecular complexity index is 593. The molecule has 3 N–H and O–H groups in total. The normalized spacial score (nSPS) is 24.7. The van der Waals surface area contributed by atoms with Gasteiger partial charge in [0.2, 0.25) is 0 Å². The summed E-state index contributed by atoms with van der Waals surface area (Å²) >= 11 is 0. The Morgan fingerprint density at radius 2 is 1.95 bits per heavy atom. The number of hydrogen-bond donors (Lipinski definition) is 2. The van der Waals surface area contributed by atoms with Crippen LogP contribution in [0.15, 0.2) is 34.4 Å². The third-order valence-electron chi connectivity index (χ3n) is 3.67. The van der Waals surface area contributed by atoms with Crippen molar-refractivity contribution >= 4 is 11.4 Å². The molecule has 0 aromatic heterocycles. The van der Waals surface area contributed by atoms with E-state index in [2.05, 4.69) is 15.4 Å². The molecule has 0 saturated carbocycles. The maximum atomic E-state index is 13.1. The van der Waals surface area contributed by atoms with E-state index in [-0.39, 0.29) is 11.6 Å². The molecule has 7 heteroatoms. The average Bonchev–Trinajstić information content (AvgIpc) is 2.46. The fourth-order valence-electron chi connectivity index (χ4n) is 2.52. The quantitative estimate of drug-likeness (QED) is 0.651. The van der Waals surface area contributed by atoms with Crippen LogP contribution in [0.1, 0.15) is 37.4 Å². The first-order valence-corrected chi connectivity index (χ1v) is 7.06. The number of nitrogens with zero attached hydrogens (tertiary/aromatic N) is 2. The molecule has 120 valence electrons. The Hall–Kier alpha value is -1.89. The summed E-state index contributed by atoms with van der Waals surface area (Å²) in [7, 11) is 0. The Balaban J connectivity index is 2.36. The van der Waals surface area contributed by atoms with Gasteiger partial charge in [-0.25, -0.2) is 0 Å². The van der Waals surface area contributed by atoms with E-state index >= 15 is 0 Å². The summed E-state index contributed by atoms with van der Waals surface area (Å²) in [6.07, 6.45) is -3.80. The third kappa shape index (κ3) is 3.65. The van der Waals surface area contributed by atoms with Crippen LogP contribution in [0, 0.1) is 0 Å². The summed E-state index contributed by atoms with van der Waals surface area (Å²) in [5.41, 5.74) is 0.762. The Kier molecular flexibility index (Phi) is 4.85. The first kappa shape index (κ1) is 16.5. The molecule has 4 nitrogen and oxygen atoms in total. The predicted molar refractivity (Wildman–Crippen MR) is 81.0 cm³/mol. The van der Waals surface area contributed by atoms with Crippen molar-refractivity contribution < 1.29 is 13.2 Å². The van der Waals surface area contributed by atoms with E-state index in [0.717, 1.165) is 6.07 Å². The van der Waals surface area contributed by atoms with E-state index in [9.17, 15) is 13.2 Å². The highest BCUT2D eigenvalue weighted by Crippen LogP contribution is 2.35. The molecular weight excluding hydrogens is 293 g/mol. The largest absolute Gasteiger partial charge is 0.416 e. The molecule has 0 aliphatic carbocycles. The zero-order valence-corrected chi connectivity index (χ0v) is 12.5. The molecule has 2 atom stereocenters. The average molecular weight is 312 g/mol. The van der Waals surface area contributed by atoms with Gasteiger partial charge in [0, 0.05) is 19.0 Å². The van der Waals surface area contributed by atoms with E-state index < -0.39 is 17.8 Å². The highest BCUT2D eigenvalue weighted by molar-refractivity contribution is 6.43. The van der Waals surface area contributed by atoms with Crippen molar-refractivity contribution in [1.29, 1.82) is 0 Å².